The number of likely N-dealkylation sites (tertiary alicyclic amines) is 1. The molecule has 1 amide bonds. The van der Waals surface area contributed by atoms with Gasteiger partial charge in [-0.2, -0.15) is 5.26 Å². The molecule has 1 saturated heterocycles. The molecule has 3 aromatic rings. The molecule has 1 aliphatic rings. The number of aryl methyl sites for hydroxylation is 1. The van der Waals surface area contributed by atoms with Gasteiger partial charge in [0.05, 0.1) is 17.3 Å². The number of hydrogen-bond donors (Lipinski definition) is 1. The number of ether oxygens (including phenoxy) is 1. The number of fused-ring (bicyclic) bond motifs is 1. The first-order chi connectivity index (χ1) is 16.4. The largest absolute Gasteiger partial charge is 0.489 e. The minimum absolute atomic E-state index is 0.392. The van der Waals surface area contributed by atoms with Crippen molar-refractivity contribution in [3.8, 4) is 11.8 Å². The fourth-order valence-electron chi connectivity index (χ4n) is 4.50. The van der Waals surface area contributed by atoms with Crippen molar-refractivity contribution in [1.82, 2.24) is 15.0 Å². The summed E-state index contributed by atoms with van der Waals surface area (Å²) in [6, 6.07) is 13.3. The van der Waals surface area contributed by atoms with Crippen LogP contribution >= 0.6 is 0 Å². The summed E-state index contributed by atoms with van der Waals surface area (Å²) in [6.45, 7) is 2.30. The van der Waals surface area contributed by atoms with Gasteiger partial charge in [0.25, 0.3) is 0 Å². The number of benzene rings is 2. The van der Waals surface area contributed by atoms with Crippen LogP contribution in [0.3, 0.4) is 0 Å². The molecule has 1 N–H and O–H groups in total. The number of hydrogen-bond acceptors (Lipinski definition) is 6. The first-order valence-corrected chi connectivity index (χ1v) is 11.6. The third kappa shape index (κ3) is 5.49. The molecule has 2 heterocycles. The zero-order valence-electron chi connectivity index (χ0n) is 19.7. The van der Waals surface area contributed by atoms with E-state index in [-0.39, 0.29) is 0 Å². The van der Waals surface area contributed by atoms with Gasteiger partial charge in [0, 0.05) is 30.6 Å². The molecular weight excluding hydrogens is 432 g/mol. The highest BCUT2D eigenvalue weighted by atomic mass is 16.5. The first-order valence-electron chi connectivity index (χ1n) is 11.6. The van der Waals surface area contributed by atoms with Gasteiger partial charge in [0.1, 0.15) is 12.4 Å². The summed E-state index contributed by atoms with van der Waals surface area (Å²) in [4.78, 5) is 14.7. The number of amides is 1. The Kier molecular flexibility index (Phi) is 7.33. The normalized spacial score (nSPS) is 14.5. The van der Waals surface area contributed by atoms with E-state index in [4.69, 9.17) is 19.6 Å². The number of aromatic nitrogens is 1. The number of nitriles is 1. The molecule has 0 spiro atoms. The van der Waals surface area contributed by atoms with Crippen LogP contribution in [0.2, 0.25) is 0 Å². The molecule has 4 rings (SSSR count). The summed E-state index contributed by atoms with van der Waals surface area (Å²) < 4.78 is 11.8. The lowest BCUT2D eigenvalue weighted by Crippen LogP contribution is -2.37. The van der Waals surface area contributed by atoms with Crippen LogP contribution in [0.4, 0.5) is 4.79 Å². The Morgan fingerprint density at radius 1 is 1.24 bits per heavy atom. The van der Waals surface area contributed by atoms with E-state index in [2.05, 4.69) is 28.3 Å². The highest BCUT2D eigenvalue weighted by molar-refractivity contribution is 5.83. The molecule has 0 bridgehead atoms. The van der Waals surface area contributed by atoms with E-state index in [0.29, 0.717) is 43.5 Å². The van der Waals surface area contributed by atoms with Crippen LogP contribution in [0.25, 0.3) is 11.0 Å². The molecule has 1 fully saturated rings. The lowest BCUT2D eigenvalue weighted by Gasteiger charge is -2.29. The van der Waals surface area contributed by atoms with E-state index in [1.54, 1.807) is 24.3 Å². The van der Waals surface area contributed by atoms with Gasteiger partial charge in [0.15, 0.2) is 5.58 Å². The SMILES string of the molecule is CN(C)Cc1c(COc2ccc(C#N)cc2)ccc2c(CCC3CCN(C(=O)O)CC3)noc12. The standard InChI is InChI=1S/C26H30N4O4/c1-29(2)16-23-20(17-33-21-7-3-19(15-27)4-8-21)6-9-22-24(28-34-25(22)23)10-5-18-11-13-30(14-12-18)26(31)32/h3-4,6-9,18H,5,10-14,16-17H2,1-2H3,(H,31,32). The van der Waals surface area contributed by atoms with Crippen molar-refractivity contribution in [3.63, 3.8) is 0 Å². The van der Waals surface area contributed by atoms with Crippen molar-refractivity contribution < 1.29 is 19.2 Å². The molecule has 1 aliphatic heterocycles. The molecule has 178 valence electrons. The van der Waals surface area contributed by atoms with Crippen LogP contribution in [-0.4, -0.2) is 53.3 Å². The minimum atomic E-state index is -0.826. The number of piperidine rings is 1. The average molecular weight is 463 g/mol. The lowest BCUT2D eigenvalue weighted by molar-refractivity contribution is 0.123. The third-order valence-electron chi connectivity index (χ3n) is 6.44. The molecule has 0 saturated carbocycles. The maximum Gasteiger partial charge on any atom is 0.407 e. The maximum absolute atomic E-state index is 11.1. The van der Waals surface area contributed by atoms with Crippen LogP contribution in [0, 0.1) is 17.2 Å². The van der Waals surface area contributed by atoms with Crippen LogP contribution in [0.5, 0.6) is 5.75 Å². The van der Waals surface area contributed by atoms with Gasteiger partial charge in [-0.15, -0.1) is 0 Å². The van der Waals surface area contributed by atoms with E-state index >= 15 is 0 Å². The predicted octanol–water partition coefficient (Wildman–Crippen LogP) is 4.66. The monoisotopic (exact) mass is 462 g/mol. The second-order valence-corrected chi connectivity index (χ2v) is 9.12. The molecule has 1 aromatic heterocycles. The first kappa shape index (κ1) is 23.6. The Balaban J connectivity index is 1.47. The van der Waals surface area contributed by atoms with Crippen LogP contribution in [0.1, 0.15) is 41.6 Å². The smallest absolute Gasteiger partial charge is 0.407 e. The van der Waals surface area contributed by atoms with Gasteiger partial charge in [-0.05, 0) is 81.6 Å². The second kappa shape index (κ2) is 10.6. The minimum Gasteiger partial charge on any atom is -0.489 e. The zero-order valence-corrected chi connectivity index (χ0v) is 19.7. The number of carboxylic acid groups (broad SMARTS) is 1. The van der Waals surface area contributed by atoms with Gasteiger partial charge < -0.3 is 24.2 Å². The maximum atomic E-state index is 11.1. The number of carbonyl (C=O) groups is 1. The van der Waals surface area contributed by atoms with E-state index in [9.17, 15) is 4.79 Å². The molecule has 8 nitrogen and oxygen atoms in total. The lowest BCUT2D eigenvalue weighted by atomic mass is 9.91. The second-order valence-electron chi connectivity index (χ2n) is 9.12. The van der Waals surface area contributed by atoms with Crippen molar-refractivity contribution in [1.29, 1.82) is 5.26 Å². The fourth-order valence-corrected chi connectivity index (χ4v) is 4.50. The van der Waals surface area contributed by atoms with Gasteiger partial charge in [-0.25, -0.2) is 4.79 Å². The Labute approximate surface area is 199 Å². The van der Waals surface area contributed by atoms with Crippen LogP contribution in [-0.2, 0) is 19.6 Å². The molecule has 8 heteroatoms. The van der Waals surface area contributed by atoms with Crippen molar-refractivity contribution in [2.75, 3.05) is 27.2 Å². The van der Waals surface area contributed by atoms with E-state index in [1.165, 1.54) is 4.90 Å². The quantitative estimate of drug-likeness (QED) is 0.519. The zero-order chi connectivity index (χ0) is 24.1. The summed E-state index contributed by atoms with van der Waals surface area (Å²) in [5.74, 6) is 1.21. The van der Waals surface area contributed by atoms with Gasteiger partial charge in [-0.1, -0.05) is 11.2 Å². The predicted molar refractivity (Wildman–Crippen MR) is 128 cm³/mol. The van der Waals surface area contributed by atoms with Gasteiger partial charge in [-0.3, -0.25) is 0 Å². The Morgan fingerprint density at radius 3 is 2.62 bits per heavy atom. The highest BCUT2D eigenvalue weighted by Crippen LogP contribution is 2.30. The Hall–Kier alpha value is -3.57. The number of nitrogens with zero attached hydrogens (tertiary/aromatic N) is 4. The summed E-state index contributed by atoms with van der Waals surface area (Å²) in [5, 5.41) is 23.5. The Bertz CT molecular complexity index is 1170. The highest BCUT2D eigenvalue weighted by Gasteiger charge is 2.23. The average Bonchev–Trinajstić information content (AvgIpc) is 3.26. The summed E-state index contributed by atoms with van der Waals surface area (Å²) in [7, 11) is 4.04. The summed E-state index contributed by atoms with van der Waals surface area (Å²) >= 11 is 0. The molecule has 0 unspecified atom stereocenters. The van der Waals surface area contributed by atoms with Crippen molar-refractivity contribution in [2.24, 2.45) is 5.92 Å². The van der Waals surface area contributed by atoms with Crippen LogP contribution in [0.15, 0.2) is 40.9 Å². The molecular formula is C26H30N4O4. The fraction of sp³-hybridized carbons (Fsp3) is 0.423. The molecule has 34 heavy (non-hydrogen) atoms. The van der Waals surface area contributed by atoms with E-state index in [0.717, 1.165) is 53.5 Å². The van der Waals surface area contributed by atoms with Crippen molar-refractivity contribution in [3.05, 3.63) is 58.8 Å². The molecule has 0 atom stereocenters. The molecule has 0 radical (unpaired) electrons. The van der Waals surface area contributed by atoms with Crippen LogP contribution < -0.4 is 4.74 Å². The molecule has 2 aromatic carbocycles. The number of rotatable bonds is 8. The summed E-state index contributed by atoms with van der Waals surface area (Å²) in [5.41, 5.74) is 4.45. The third-order valence-corrected chi connectivity index (χ3v) is 6.44. The summed E-state index contributed by atoms with van der Waals surface area (Å²) in [6.07, 6.45) is 2.75. The van der Waals surface area contributed by atoms with E-state index in [1.807, 2.05) is 14.1 Å². The van der Waals surface area contributed by atoms with E-state index < -0.39 is 6.09 Å². The van der Waals surface area contributed by atoms with Crippen molar-refractivity contribution in [2.45, 2.75) is 38.8 Å². The molecule has 0 aliphatic carbocycles. The van der Waals surface area contributed by atoms with Gasteiger partial charge in [0.2, 0.25) is 0 Å². The Morgan fingerprint density at radius 2 is 1.97 bits per heavy atom. The topological polar surface area (TPSA) is 103 Å². The van der Waals surface area contributed by atoms with Crippen molar-refractivity contribution >= 4 is 17.1 Å². The van der Waals surface area contributed by atoms with Gasteiger partial charge >= 0.3 is 6.09 Å².